The number of hydrogen-bond acceptors (Lipinski definition) is 15. The maximum absolute atomic E-state index is 14.1. The molecule has 0 radical (unpaired) electrons. The number of thiazole rings is 1. The number of ether oxygens (including phenoxy) is 3. The molecular weight excluding hydrogens is 986 g/mol. The van der Waals surface area contributed by atoms with Crippen LogP contribution in [0.5, 0.6) is 11.5 Å². The fourth-order valence-corrected chi connectivity index (χ4v) is 9.73. The molecule has 5 aromatic rings. The Morgan fingerprint density at radius 1 is 0.865 bits per heavy atom. The normalized spacial score (nSPS) is 15.2. The summed E-state index contributed by atoms with van der Waals surface area (Å²) in [6.45, 7) is 11.1. The van der Waals surface area contributed by atoms with E-state index in [0.717, 1.165) is 11.1 Å². The zero-order chi connectivity index (χ0) is 53.1. The molecule has 0 spiro atoms. The number of benzene rings is 3. The molecule has 0 unspecified atom stereocenters. The van der Waals surface area contributed by atoms with Crippen LogP contribution in [0.25, 0.3) is 0 Å². The van der Waals surface area contributed by atoms with Crippen LogP contribution in [-0.2, 0) is 35.1 Å². The highest BCUT2D eigenvalue weighted by atomic mass is 35.5. The SMILES string of the molecule is CCC(C)(C)C(=O)C(=O)N1CCCC[C@H]1C(=O)O[C@H](CCc1ccc(OC)c(OC)c1)c1cccc(NC(=O)CCC(=O)N2CCN(c3cc(Nc4ncc(C(=O)Nc5c(C)cccc5Cl)s4)nc(C)n3)CC2)c1. The molecule has 3 N–H and O–H groups in total. The monoisotopic (exact) mass is 1050 g/mol. The van der Waals surface area contributed by atoms with Crippen LogP contribution in [-0.4, -0.2) is 113 Å². The lowest BCUT2D eigenvalue weighted by atomic mass is 9.84. The van der Waals surface area contributed by atoms with Crippen molar-refractivity contribution in [1.29, 1.82) is 0 Å². The molecule has 20 heteroatoms. The van der Waals surface area contributed by atoms with Gasteiger partial charge in [0.15, 0.2) is 16.6 Å². The molecule has 2 aliphatic rings. The van der Waals surface area contributed by atoms with Crippen LogP contribution >= 0.6 is 22.9 Å². The Labute approximate surface area is 440 Å². The number of Topliss-reactive ketones (excluding diaryl/α,β-unsaturated/α-hetero) is 1. The van der Waals surface area contributed by atoms with E-state index in [-0.39, 0.29) is 37.1 Å². The molecule has 4 heterocycles. The molecule has 2 saturated heterocycles. The Kier molecular flexibility index (Phi) is 18.3. The average molecular weight is 1050 g/mol. The van der Waals surface area contributed by atoms with Gasteiger partial charge in [-0.3, -0.25) is 24.0 Å². The Morgan fingerprint density at radius 2 is 1.62 bits per heavy atom. The van der Waals surface area contributed by atoms with Crippen LogP contribution in [0.2, 0.25) is 5.02 Å². The number of piperidine rings is 1. The number of nitrogens with one attached hydrogen (secondary N) is 3. The number of halogens is 1. The molecule has 2 aliphatic heterocycles. The smallest absolute Gasteiger partial charge is 0.329 e. The Balaban J connectivity index is 0.943. The fraction of sp³-hybridized carbons (Fsp3) is 0.426. The summed E-state index contributed by atoms with van der Waals surface area (Å²) < 4.78 is 17.2. The van der Waals surface area contributed by atoms with Crippen LogP contribution in [0, 0.1) is 19.3 Å². The van der Waals surface area contributed by atoms with Crippen LogP contribution in [0.1, 0.15) is 104 Å². The number of esters is 1. The third-order valence-electron chi connectivity index (χ3n) is 13.4. The maximum Gasteiger partial charge on any atom is 0.329 e. The number of amides is 4. The second kappa shape index (κ2) is 24.7. The highest BCUT2D eigenvalue weighted by molar-refractivity contribution is 7.17. The molecular formula is C54H64ClN9O9S. The van der Waals surface area contributed by atoms with E-state index in [1.807, 2.05) is 50.2 Å². The Morgan fingerprint density at radius 3 is 2.35 bits per heavy atom. The van der Waals surface area contributed by atoms with Crippen LogP contribution in [0.3, 0.4) is 0 Å². The van der Waals surface area contributed by atoms with Gasteiger partial charge in [0.05, 0.1) is 31.1 Å². The van der Waals surface area contributed by atoms with E-state index in [1.54, 1.807) is 70.2 Å². The third kappa shape index (κ3) is 13.7. The average Bonchev–Trinajstić information content (AvgIpc) is 3.88. The summed E-state index contributed by atoms with van der Waals surface area (Å²) in [7, 11) is 3.12. The fourth-order valence-electron chi connectivity index (χ4n) is 8.74. The minimum Gasteiger partial charge on any atom is -0.493 e. The third-order valence-corrected chi connectivity index (χ3v) is 14.7. The number of anilines is 5. The van der Waals surface area contributed by atoms with E-state index in [1.165, 1.54) is 22.4 Å². The van der Waals surface area contributed by atoms with Crippen molar-refractivity contribution >= 4 is 86.5 Å². The lowest BCUT2D eigenvalue weighted by molar-refractivity contribution is -0.164. The highest BCUT2D eigenvalue weighted by Gasteiger charge is 2.41. The molecule has 74 heavy (non-hydrogen) atoms. The van der Waals surface area contributed by atoms with E-state index < -0.39 is 35.2 Å². The molecule has 0 bridgehead atoms. The van der Waals surface area contributed by atoms with E-state index in [0.29, 0.717) is 126 Å². The van der Waals surface area contributed by atoms with Gasteiger partial charge in [0.2, 0.25) is 17.6 Å². The minimum absolute atomic E-state index is 0.00185. The molecule has 2 atom stereocenters. The van der Waals surface area contributed by atoms with E-state index in [9.17, 15) is 28.8 Å². The van der Waals surface area contributed by atoms with Gasteiger partial charge in [-0.1, -0.05) is 74.0 Å². The second-order valence-electron chi connectivity index (χ2n) is 19.0. The standard InChI is InChI=1S/C54H64ClN9O9S/c1-8-54(4,5)49(67)51(69)64-24-10-9-17-39(64)52(70)73-40(20-18-35-19-21-41(71-6)42(29-35)72-7)36-14-12-15-37(30-36)59-46(65)22-23-47(66)63-27-25-62(26-28-63)45-31-44(57-34(3)58-45)60-53-56-32-43(74-53)50(68)61-48-33(2)13-11-16-38(48)55/h11-16,19,21,29-32,39-40H,8-10,17-18,20,22-28H2,1-7H3,(H,59,65)(H,61,68)(H,56,57,58,60)/t39-,40+/m0/s1. The van der Waals surface area contributed by atoms with Crippen LogP contribution in [0.4, 0.5) is 28.1 Å². The molecule has 7 rings (SSSR count). The summed E-state index contributed by atoms with van der Waals surface area (Å²) in [6, 6.07) is 18.9. The lowest BCUT2D eigenvalue weighted by Crippen LogP contribution is -2.53. The van der Waals surface area contributed by atoms with Gasteiger partial charge in [-0.05, 0) is 99.4 Å². The summed E-state index contributed by atoms with van der Waals surface area (Å²) in [4.78, 5) is 100.0. The van der Waals surface area contributed by atoms with Gasteiger partial charge in [0.25, 0.3) is 11.8 Å². The number of aromatic nitrogens is 3. The topological polar surface area (TPSA) is 215 Å². The Bertz CT molecular complexity index is 2850. The molecule has 18 nitrogen and oxygen atoms in total. The van der Waals surface area contributed by atoms with Crippen molar-refractivity contribution in [3.8, 4) is 11.5 Å². The molecule has 2 aromatic heterocycles. The zero-order valence-corrected chi connectivity index (χ0v) is 44.5. The minimum atomic E-state index is -0.926. The van der Waals surface area contributed by atoms with Gasteiger partial charge in [-0.2, -0.15) is 0 Å². The van der Waals surface area contributed by atoms with Crippen molar-refractivity contribution in [3.63, 3.8) is 0 Å². The van der Waals surface area contributed by atoms with Gasteiger partial charge in [-0.25, -0.2) is 19.7 Å². The number of methoxy groups -OCH3 is 2. The van der Waals surface area contributed by atoms with Gasteiger partial charge >= 0.3 is 5.97 Å². The first-order valence-corrected chi connectivity index (χ1v) is 26.0. The van der Waals surface area contributed by atoms with Gasteiger partial charge in [-0.15, -0.1) is 0 Å². The van der Waals surface area contributed by atoms with Crippen molar-refractivity contribution in [2.75, 3.05) is 67.8 Å². The van der Waals surface area contributed by atoms with E-state index in [2.05, 4.69) is 35.8 Å². The summed E-state index contributed by atoms with van der Waals surface area (Å²) >= 11 is 7.48. The van der Waals surface area contributed by atoms with Gasteiger partial charge in [0, 0.05) is 62.7 Å². The quantitative estimate of drug-likeness (QED) is 0.0491. The van der Waals surface area contributed by atoms with Crippen molar-refractivity contribution in [2.45, 2.75) is 98.1 Å². The van der Waals surface area contributed by atoms with Gasteiger partial charge in [0.1, 0.15) is 34.5 Å². The number of ketones is 1. The summed E-state index contributed by atoms with van der Waals surface area (Å²) in [6.07, 6.45) is 3.66. The van der Waals surface area contributed by atoms with Crippen LogP contribution < -0.4 is 30.3 Å². The summed E-state index contributed by atoms with van der Waals surface area (Å²) in [5.41, 5.74) is 2.49. The number of carbonyl (C=O) groups excluding carboxylic acids is 6. The number of aryl methyl sites for hydroxylation is 3. The highest BCUT2D eigenvalue weighted by Crippen LogP contribution is 2.34. The first-order chi connectivity index (χ1) is 35.5. The largest absolute Gasteiger partial charge is 0.493 e. The Hall–Kier alpha value is -7.12. The first-order valence-electron chi connectivity index (χ1n) is 24.8. The number of carbonyl (C=O) groups is 6. The zero-order valence-electron chi connectivity index (χ0n) is 42.9. The number of rotatable bonds is 20. The molecule has 0 aliphatic carbocycles. The number of para-hydroxylation sites is 1. The number of piperazine rings is 1. The maximum atomic E-state index is 14.1. The van der Waals surface area contributed by atoms with Crippen molar-refractivity contribution in [1.82, 2.24) is 24.8 Å². The number of nitrogens with zero attached hydrogens (tertiary/aromatic N) is 6. The van der Waals surface area contributed by atoms with Crippen molar-refractivity contribution in [2.24, 2.45) is 5.41 Å². The second-order valence-corrected chi connectivity index (χ2v) is 20.4. The summed E-state index contributed by atoms with van der Waals surface area (Å²) in [5.74, 6) is 0.178. The molecule has 2 fully saturated rings. The van der Waals surface area contributed by atoms with E-state index >= 15 is 0 Å². The molecule has 392 valence electrons. The lowest BCUT2D eigenvalue weighted by Gasteiger charge is -2.36. The van der Waals surface area contributed by atoms with Crippen molar-refractivity contribution in [3.05, 3.63) is 105 Å². The molecule has 4 amide bonds. The predicted molar refractivity (Wildman–Crippen MR) is 285 cm³/mol. The molecule has 0 saturated carbocycles. The van der Waals surface area contributed by atoms with E-state index in [4.69, 9.17) is 25.8 Å². The predicted octanol–water partition coefficient (Wildman–Crippen LogP) is 8.89. The van der Waals surface area contributed by atoms with Crippen molar-refractivity contribution < 1.29 is 43.0 Å². The number of hydrogen-bond donors (Lipinski definition) is 3. The first kappa shape index (κ1) is 54.6. The van der Waals surface area contributed by atoms with Crippen LogP contribution in [0.15, 0.2) is 72.9 Å². The van der Waals surface area contributed by atoms with Gasteiger partial charge < -0.3 is 44.9 Å². The summed E-state index contributed by atoms with van der Waals surface area (Å²) in [5, 5.41) is 9.89. The number of likely N-dealkylation sites (tertiary alicyclic amines) is 1. The molecule has 3 aromatic carbocycles.